The van der Waals surface area contributed by atoms with Crippen LogP contribution in [0.15, 0.2) is 35.7 Å². The summed E-state index contributed by atoms with van der Waals surface area (Å²) < 4.78 is 0. The minimum absolute atomic E-state index is 0.602. The van der Waals surface area contributed by atoms with Crippen molar-refractivity contribution in [2.45, 2.75) is 32.0 Å². The summed E-state index contributed by atoms with van der Waals surface area (Å²) in [6, 6.07) is 11.7. The van der Waals surface area contributed by atoms with Gasteiger partial charge in [-0.15, -0.1) is 11.3 Å². The van der Waals surface area contributed by atoms with Crippen molar-refractivity contribution < 1.29 is 0 Å². The molecular weight excluding hydrogens is 264 g/mol. The van der Waals surface area contributed by atoms with E-state index < -0.39 is 0 Å². The van der Waals surface area contributed by atoms with Gasteiger partial charge in [-0.2, -0.15) is 0 Å². The Bertz CT molecular complexity index is 605. The van der Waals surface area contributed by atoms with E-state index in [1.54, 1.807) is 10.4 Å². The third-order valence-corrected chi connectivity index (χ3v) is 5.55. The Morgan fingerprint density at radius 3 is 3.00 bits per heavy atom. The number of nitrogens with one attached hydrogen (secondary N) is 1. The van der Waals surface area contributed by atoms with E-state index in [2.05, 4.69) is 45.9 Å². The molecule has 3 heteroatoms. The summed E-state index contributed by atoms with van der Waals surface area (Å²) >= 11 is 1.92. The van der Waals surface area contributed by atoms with Crippen LogP contribution in [0.25, 0.3) is 0 Å². The summed E-state index contributed by atoms with van der Waals surface area (Å²) in [7, 11) is 0. The standard InChI is InChI=1S/C17H20N2S/c1-2-4-14-10-18-16(9-13(14)3-1)12-19-7-5-17-15(11-19)6-8-20-17/h1-4,6,8,16,18H,5,7,9-12H2. The molecule has 2 nitrogen and oxygen atoms in total. The maximum Gasteiger partial charge on any atom is 0.0245 e. The molecule has 1 atom stereocenters. The highest BCUT2D eigenvalue weighted by Crippen LogP contribution is 2.25. The number of thiophene rings is 1. The molecule has 0 aliphatic carbocycles. The Labute approximate surface area is 124 Å². The molecule has 2 aliphatic rings. The molecule has 2 aromatic rings. The van der Waals surface area contributed by atoms with Crippen LogP contribution in [0.4, 0.5) is 0 Å². The number of nitrogens with zero attached hydrogens (tertiary/aromatic N) is 1. The molecule has 0 fully saturated rings. The van der Waals surface area contributed by atoms with Crippen LogP contribution in [0, 0.1) is 0 Å². The van der Waals surface area contributed by atoms with Crippen LogP contribution in [0.1, 0.15) is 21.6 Å². The Morgan fingerprint density at radius 2 is 2.05 bits per heavy atom. The summed E-state index contributed by atoms with van der Waals surface area (Å²) in [4.78, 5) is 4.21. The number of benzene rings is 1. The van der Waals surface area contributed by atoms with Crippen LogP contribution in [0.2, 0.25) is 0 Å². The maximum atomic E-state index is 3.70. The number of hydrogen-bond acceptors (Lipinski definition) is 3. The SMILES string of the molecule is c1ccc2c(c1)CNC(CN1CCc3sccc3C1)C2. The van der Waals surface area contributed by atoms with Gasteiger partial charge in [-0.25, -0.2) is 0 Å². The first-order valence-electron chi connectivity index (χ1n) is 7.46. The van der Waals surface area contributed by atoms with Crippen molar-refractivity contribution in [2.75, 3.05) is 13.1 Å². The average molecular weight is 284 g/mol. The third kappa shape index (κ3) is 2.41. The van der Waals surface area contributed by atoms with Gasteiger partial charge in [0.2, 0.25) is 0 Å². The van der Waals surface area contributed by atoms with E-state index in [1.165, 1.54) is 37.1 Å². The van der Waals surface area contributed by atoms with Crippen LogP contribution >= 0.6 is 11.3 Å². The van der Waals surface area contributed by atoms with Gasteiger partial charge in [0.15, 0.2) is 0 Å². The highest BCUT2D eigenvalue weighted by atomic mass is 32.1. The lowest BCUT2D eigenvalue weighted by atomic mass is 9.95. The fraction of sp³-hybridized carbons (Fsp3) is 0.412. The zero-order chi connectivity index (χ0) is 13.4. The lowest BCUT2D eigenvalue weighted by Gasteiger charge is -2.33. The molecule has 0 saturated carbocycles. The van der Waals surface area contributed by atoms with E-state index in [1.807, 2.05) is 11.3 Å². The summed E-state index contributed by atoms with van der Waals surface area (Å²) in [5.41, 5.74) is 4.56. The first-order chi connectivity index (χ1) is 9.88. The maximum absolute atomic E-state index is 3.70. The van der Waals surface area contributed by atoms with Crippen molar-refractivity contribution in [1.29, 1.82) is 0 Å². The molecule has 1 N–H and O–H groups in total. The smallest absolute Gasteiger partial charge is 0.0245 e. The molecular formula is C17H20N2S. The van der Waals surface area contributed by atoms with Crippen LogP contribution in [-0.2, 0) is 25.9 Å². The molecule has 3 heterocycles. The lowest BCUT2D eigenvalue weighted by molar-refractivity contribution is 0.221. The Morgan fingerprint density at radius 1 is 1.15 bits per heavy atom. The summed E-state index contributed by atoms with van der Waals surface area (Å²) in [5.74, 6) is 0. The second kappa shape index (κ2) is 5.32. The van der Waals surface area contributed by atoms with Gasteiger partial charge < -0.3 is 5.32 Å². The van der Waals surface area contributed by atoms with Crippen molar-refractivity contribution in [1.82, 2.24) is 10.2 Å². The molecule has 0 bridgehead atoms. The number of fused-ring (bicyclic) bond motifs is 2. The fourth-order valence-corrected chi connectivity index (χ4v) is 4.31. The zero-order valence-corrected chi connectivity index (χ0v) is 12.5. The van der Waals surface area contributed by atoms with Crippen molar-refractivity contribution >= 4 is 11.3 Å². The highest BCUT2D eigenvalue weighted by molar-refractivity contribution is 7.10. The van der Waals surface area contributed by atoms with Gasteiger partial charge in [-0.05, 0) is 41.0 Å². The molecule has 1 aromatic heterocycles. The predicted molar refractivity (Wildman–Crippen MR) is 84.1 cm³/mol. The van der Waals surface area contributed by atoms with Gasteiger partial charge in [-0.3, -0.25) is 4.90 Å². The molecule has 0 saturated heterocycles. The van der Waals surface area contributed by atoms with Crippen LogP contribution in [-0.4, -0.2) is 24.0 Å². The number of hydrogen-bond donors (Lipinski definition) is 1. The fourth-order valence-electron chi connectivity index (χ4n) is 3.42. The second-order valence-corrected chi connectivity index (χ2v) is 6.91. The minimum Gasteiger partial charge on any atom is -0.308 e. The van der Waals surface area contributed by atoms with Crippen LogP contribution in [0.5, 0.6) is 0 Å². The van der Waals surface area contributed by atoms with Crippen LogP contribution < -0.4 is 5.32 Å². The summed E-state index contributed by atoms with van der Waals surface area (Å²) in [5, 5.41) is 5.94. The molecule has 20 heavy (non-hydrogen) atoms. The predicted octanol–water partition coefficient (Wildman–Crippen LogP) is 2.82. The lowest BCUT2D eigenvalue weighted by Crippen LogP contribution is -2.45. The largest absolute Gasteiger partial charge is 0.308 e. The van der Waals surface area contributed by atoms with Gasteiger partial charge in [0.25, 0.3) is 0 Å². The Balaban J connectivity index is 1.42. The molecule has 104 valence electrons. The molecule has 0 radical (unpaired) electrons. The molecule has 4 rings (SSSR count). The summed E-state index contributed by atoms with van der Waals surface area (Å²) in [6.45, 7) is 4.55. The first kappa shape index (κ1) is 12.6. The van der Waals surface area contributed by atoms with Crippen LogP contribution in [0.3, 0.4) is 0 Å². The van der Waals surface area contributed by atoms with E-state index in [0.29, 0.717) is 6.04 Å². The minimum atomic E-state index is 0.602. The Kier molecular flexibility index (Phi) is 3.34. The van der Waals surface area contributed by atoms with Crippen molar-refractivity contribution in [3.05, 3.63) is 57.3 Å². The van der Waals surface area contributed by atoms with E-state index in [9.17, 15) is 0 Å². The molecule has 1 aromatic carbocycles. The first-order valence-corrected chi connectivity index (χ1v) is 8.34. The molecule has 0 spiro atoms. The quantitative estimate of drug-likeness (QED) is 0.912. The van der Waals surface area contributed by atoms with Crippen molar-refractivity contribution in [3.8, 4) is 0 Å². The highest BCUT2D eigenvalue weighted by Gasteiger charge is 2.23. The van der Waals surface area contributed by atoms with E-state index >= 15 is 0 Å². The normalized spacial score (nSPS) is 22.3. The molecule has 2 aliphatic heterocycles. The average Bonchev–Trinajstić information content (AvgIpc) is 2.95. The number of rotatable bonds is 2. The Hall–Kier alpha value is -1.16. The van der Waals surface area contributed by atoms with Crippen molar-refractivity contribution in [3.63, 3.8) is 0 Å². The van der Waals surface area contributed by atoms with E-state index in [-0.39, 0.29) is 0 Å². The molecule has 1 unspecified atom stereocenters. The third-order valence-electron chi connectivity index (χ3n) is 4.53. The van der Waals surface area contributed by atoms with Gasteiger partial charge >= 0.3 is 0 Å². The second-order valence-electron chi connectivity index (χ2n) is 5.90. The summed E-state index contributed by atoms with van der Waals surface area (Å²) in [6.07, 6.45) is 2.40. The van der Waals surface area contributed by atoms with Gasteiger partial charge in [-0.1, -0.05) is 24.3 Å². The van der Waals surface area contributed by atoms with Crippen molar-refractivity contribution in [2.24, 2.45) is 0 Å². The van der Waals surface area contributed by atoms with Gasteiger partial charge in [0.1, 0.15) is 0 Å². The van der Waals surface area contributed by atoms with Gasteiger partial charge in [0.05, 0.1) is 0 Å². The van der Waals surface area contributed by atoms with E-state index in [0.717, 1.165) is 13.1 Å². The monoisotopic (exact) mass is 284 g/mol. The molecule has 0 amide bonds. The van der Waals surface area contributed by atoms with E-state index in [4.69, 9.17) is 0 Å². The zero-order valence-electron chi connectivity index (χ0n) is 11.6. The van der Waals surface area contributed by atoms with Gasteiger partial charge in [0, 0.05) is 37.1 Å². The topological polar surface area (TPSA) is 15.3 Å².